The minimum atomic E-state index is -4.94. The van der Waals surface area contributed by atoms with Gasteiger partial charge in [0.25, 0.3) is 0 Å². The van der Waals surface area contributed by atoms with Gasteiger partial charge in [-0.15, -0.1) is 0 Å². The van der Waals surface area contributed by atoms with Gasteiger partial charge < -0.3 is 9.84 Å². The Kier molecular flexibility index (Phi) is 5.33. The summed E-state index contributed by atoms with van der Waals surface area (Å²) in [6, 6.07) is 3.61. The fraction of sp³-hybridized carbons (Fsp3) is 0.471. The molecule has 1 unspecified atom stereocenters. The normalized spacial score (nSPS) is 18.0. The van der Waals surface area contributed by atoms with Crippen LogP contribution >= 0.6 is 0 Å². The lowest BCUT2D eigenvalue weighted by Crippen LogP contribution is -2.38. The fourth-order valence-corrected chi connectivity index (χ4v) is 3.05. The predicted molar refractivity (Wildman–Crippen MR) is 84.0 cm³/mol. The van der Waals surface area contributed by atoms with E-state index in [-0.39, 0.29) is 17.5 Å². The fourth-order valence-electron chi connectivity index (χ4n) is 3.05. The summed E-state index contributed by atoms with van der Waals surface area (Å²) in [5, 5.41) is 10.3. The van der Waals surface area contributed by atoms with E-state index in [4.69, 9.17) is 4.74 Å². The number of halogens is 6. The van der Waals surface area contributed by atoms with Crippen LogP contribution in [0.1, 0.15) is 22.9 Å². The Morgan fingerprint density at radius 1 is 1.07 bits per heavy atom. The average Bonchev–Trinajstić information content (AvgIpc) is 2.59. The van der Waals surface area contributed by atoms with Gasteiger partial charge in [-0.1, -0.05) is 12.1 Å². The number of nitrogens with zero attached hydrogens (tertiary/aromatic N) is 2. The Balaban J connectivity index is 2.12. The maximum absolute atomic E-state index is 13.2. The summed E-state index contributed by atoms with van der Waals surface area (Å²) in [6.45, 7) is 1.75. The van der Waals surface area contributed by atoms with Crippen molar-refractivity contribution in [1.82, 2.24) is 9.88 Å². The highest BCUT2D eigenvalue weighted by Crippen LogP contribution is 2.39. The molecule has 1 aliphatic heterocycles. The van der Waals surface area contributed by atoms with Gasteiger partial charge in [0.1, 0.15) is 5.69 Å². The van der Waals surface area contributed by atoms with Crippen molar-refractivity contribution in [1.29, 1.82) is 0 Å². The zero-order chi connectivity index (χ0) is 19.8. The molecule has 3 rings (SSSR count). The molecule has 1 fully saturated rings. The van der Waals surface area contributed by atoms with E-state index >= 15 is 0 Å². The van der Waals surface area contributed by atoms with Gasteiger partial charge in [0.05, 0.1) is 30.4 Å². The first-order valence-corrected chi connectivity index (χ1v) is 8.13. The number of para-hydroxylation sites is 1. The molecule has 1 atom stereocenters. The lowest BCUT2D eigenvalue weighted by Gasteiger charge is -2.29. The van der Waals surface area contributed by atoms with Crippen LogP contribution in [0.2, 0.25) is 0 Å². The Morgan fingerprint density at radius 3 is 2.33 bits per heavy atom. The largest absolute Gasteiger partial charge is 0.433 e. The molecule has 0 saturated carbocycles. The van der Waals surface area contributed by atoms with E-state index in [9.17, 15) is 31.4 Å². The molecular weight excluding hydrogens is 378 g/mol. The van der Waals surface area contributed by atoms with Gasteiger partial charge in [-0.2, -0.15) is 26.3 Å². The minimum absolute atomic E-state index is 0.0178. The van der Waals surface area contributed by atoms with Crippen molar-refractivity contribution in [3.8, 4) is 0 Å². The molecule has 0 radical (unpaired) electrons. The molecule has 1 aliphatic rings. The van der Waals surface area contributed by atoms with Crippen LogP contribution in [0.3, 0.4) is 0 Å². The van der Waals surface area contributed by atoms with Crippen LogP contribution in [0.5, 0.6) is 0 Å². The van der Waals surface area contributed by atoms with Gasteiger partial charge in [-0.05, 0) is 17.7 Å². The number of benzene rings is 1. The number of aliphatic hydroxyl groups is 1. The number of ether oxygens (including phenoxy) is 1. The molecule has 1 aromatic heterocycles. The molecule has 2 aromatic rings. The molecule has 0 amide bonds. The molecule has 10 heteroatoms. The third-order valence-corrected chi connectivity index (χ3v) is 4.36. The van der Waals surface area contributed by atoms with E-state index in [1.807, 2.05) is 0 Å². The number of β-amino-alcohol motifs (C(OH)–C–C–N with tert-alkyl or cyclic N) is 1. The summed E-state index contributed by atoms with van der Waals surface area (Å²) in [7, 11) is 0. The monoisotopic (exact) mass is 394 g/mol. The third-order valence-electron chi connectivity index (χ3n) is 4.36. The number of alkyl halides is 6. The van der Waals surface area contributed by atoms with Gasteiger partial charge in [0.15, 0.2) is 0 Å². The number of hydrogen-bond acceptors (Lipinski definition) is 4. The van der Waals surface area contributed by atoms with Crippen LogP contribution in [0.25, 0.3) is 10.9 Å². The lowest BCUT2D eigenvalue weighted by atomic mass is 9.99. The van der Waals surface area contributed by atoms with Crippen molar-refractivity contribution in [2.24, 2.45) is 0 Å². The number of hydrogen-bond donors (Lipinski definition) is 1. The molecule has 0 bridgehead atoms. The predicted octanol–water partition coefficient (Wildman–Crippen LogP) is 3.64. The molecule has 148 valence electrons. The van der Waals surface area contributed by atoms with Gasteiger partial charge in [-0.3, -0.25) is 4.90 Å². The third kappa shape index (κ3) is 4.33. The molecular formula is C17H16F6N2O2. The quantitative estimate of drug-likeness (QED) is 0.808. The Labute approximate surface area is 150 Å². The van der Waals surface area contributed by atoms with Gasteiger partial charge >= 0.3 is 12.4 Å². The average molecular weight is 394 g/mol. The Hall–Kier alpha value is -1.91. The number of fused-ring (bicyclic) bond motifs is 1. The van der Waals surface area contributed by atoms with Crippen LogP contribution in [0, 0.1) is 0 Å². The topological polar surface area (TPSA) is 45.6 Å². The van der Waals surface area contributed by atoms with Crippen LogP contribution in [0.4, 0.5) is 26.3 Å². The highest BCUT2D eigenvalue weighted by molar-refractivity contribution is 5.86. The molecule has 0 aliphatic carbocycles. The lowest BCUT2D eigenvalue weighted by molar-refractivity contribution is -0.142. The number of morpholine rings is 1. The first-order chi connectivity index (χ1) is 12.6. The first-order valence-electron chi connectivity index (χ1n) is 8.13. The Morgan fingerprint density at radius 2 is 1.74 bits per heavy atom. The number of aliphatic hydroxyl groups excluding tert-OH is 1. The van der Waals surface area contributed by atoms with Crippen LogP contribution in [-0.4, -0.2) is 47.8 Å². The molecule has 2 heterocycles. The zero-order valence-corrected chi connectivity index (χ0v) is 13.9. The SMILES string of the molecule is OC(CN1CCOCC1)c1cc(C(F)(F)F)nc2c(C(F)(F)F)cccc12. The van der Waals surface area contributed by atoms with Crippen LogP contribution in [0.15, 0.2) is 24.3 Å². The molecule has 1 aromatic carbocycles. The van der Waals surface area contributed by atoms with Crippen molar-refractivity contribution < 1.29 is 36.2 Å². The van der Waals surface area contributed by atoms with Crippen molar-refractivity contribution in [2.45, 2.75) is 18.5 Å². The van der Waals surface area contributed by atoms with Gasteiger partial charge in [0.2, 0.25) is 0 Å². The standard InChI is InChI=1S/C17H16F6N2O2/c18-16(19,20)12-3-1-2-10-11(8-14(17(21,22)23)24-15(10)12)13(26)9-25-4-6-27-7-5-25/h1-3,8,13,26H,4-7,9H2. The van der Waals surface area contributed by atoms with Gasteiger partial charge in [0, 0.05) is 25.0 Å². The van der Waals surface area contributed by atoms with E-state index in [0.29, 0.717) is 38.4 Å². The summed E-state index contributed by atoms with van der Waals surface area (Å²) in [5.74, 6) is 0. The summed E-state index contributed by atoms with van der Waals surface area (Å²) < 4.78 is 84.5. The maximum atomic E-state index is 13.2. The number of pyridine rings is 1. The van der Waals surface area contributed by atoms with E-state index in [0.717, 1.165) is 6.07 Å². The van der Waals surface area contributed by atoms with Crippen molar-refractivity contribution in [2.75, 3.05) is 32.8 Å². The van der Waals surface area contributed by atoms with Crippen LogP contribution < -0.4 is 0 Å². The van der Waals surface area contributed by atoms with E-state index in [1.54, 1.807) is 4.90 Å². The second-order valence-corrected chi connectivity index (χ2v) is 6.22. The summed E-state index contributed by atoms with van der Waals surface area (Å²) in [6.07, 6.45) is -11.2. The van der Waals surface area contributed by atoms with E-state index in [2.05, 4.69) is 4.98 Å². The first kappa shape index (κ1) is 19.8. The summed E-state index contributed by atoms with van der Waals surface area (Å²) in [5.41, 5.74) is -3.80. The number of rotatable bonds is 3. The van der Waals surface area contributed by atoms with Crippen molar-refractivity contribution >= 4 is 10.9 Å². The zero-order valence-electron chi connectivity index (χ0n) is 13.9. The maximum Gasteiger partial charge on any atom is 0.433 e. The molecule has 1 N–H and O–H groups in total. The molecule has 1 saturated heterocycles. The summed E-state index contributed by atoms with van der Waals surface area (Å²) >= 11 is 0. The van der Waals surface area contributed by atoms with E-state index in [1.165, 1.54) is 6.07 Å². The van der Waals surface area contributed by atoms with Gasteiger partial charge in [-0.25, -0.2) is 4.98 Å². The molecule has 4 nitrogen and oxygen atoms in total. The summed E-state index contributed by atoms with van der Waals surface area (Å²) in [4.78, 5) is 4.99. The minimum Gasteiger partial charge on any atom is -0.387 e. The molecule has 0 spiro atoms. The number of aromatic nitrogens is 1. The smallest absolute Gasteiger partial charge is 0.387 e. The van der Waals surface area contributed by atoms with Crippen molar-refractivity contribution in [3.05, 3.63) is 41.1 Å². The van der Waals surface area contributed by atoms with E-state index < -0.39 is 35.2 Å². The highest BCUT2D eigenvalue weighted by Gasteiger charge is 2.38. The second-order valence-electron chi connectivity index (χ2n) is 6.22. The van der Waals surface area contributed by atoms with Crippen LogP contribution in [-0.2, 0) is 17.1 Å². The second kappa shape index (κ2) is 7.25. The Bertz CT molecular complexity index is 815. The van der Waals surface area contributed by atoms with Crippen molar-refractivity contribution in [3.63, 3.8) is 0 Å². The highest BCUT2D eigenvalue weighted by atomic mass is 19.4. The molecule has 27 heavy (non-hydrogen) atoms.